The van der Waals surface area contributed by atoms with E-state index in [4.69, 9.17) is 14.6 Å². The molecule has 2 aliphatic rings. The molecule has 3 aromatic rings. The van der Waals surface area contributed by atoms with Crippen LogP contribution in [0.1, 0.15) is 12.1 Å². The van der Waals surface area contributed by atoms with E-state index in [9.17, 15) is 4.79 Å². The van der Waals surface area contributed by atoms with Crippen molar-refractivity contribution in [3.8, 4) is 22.8 Å². The summed E-state index contributed by atoms with van der Waals surface area (Å²) in [6, 6.07) is 11.2. The number of carbonyl (C=O) groups is 1. The van der Waals surface area contributed by atoms with Crippen LogP contribution >= 0.6 is 0 Å². The van der Waals surface area contributed by atoms with Crippen molar-refractivity contribution in [1.82, 2.24) is 19.7 Å². The lowest BCUT2D eigenvalue weighted by Gasteiger charge is -2.22. The van der Waals surface area contributed by atoms with Gasteiger partial charge in [-0.2, -0.15) is 5.10 Å². The van der Waals surface area contributed by atoms with Gasteiger partial charge >= 0.3 is 6.03 Å². The number of amides is 2. The number of aryl methyl sites for hydroxylation is 1. The zero-order valence-corrected chi connectivity index (χ0v) is 15.9. The van der Waals surface area contributed by atoms with Gasteiger partial charge in [-0.05, 0) is 36.8 Å². The minimum absolute atomic E-state index is 0.137. The van der Waals surface area contributed by atoms with Crippen molar-refractivity contribution in [1.29, 1.82) is 0 Å². The lowest BCUT2D eigenvalue weighted by Crippen LogP contribution is -2.34. The molecule has 8 heteroatoms. The second-order valence-corrected chi connectivity index (χ2v) is 7.04. The Labute approximate surface area is 168 Å². The molecule has 8 nitrogen and oxygen atoms in total. The number of hydrogen-bond acceptors (Lipinski definition) is 5. The van der Waals surface area contributed by atoms with Gasteiger partial charge in [0, 0.05) is 42.8 Å². The smallest absolute Gasteiger partial charge is 0.322 e. The molecular formula is C21H21N5O3. The number of benzene rings is 1. The van der Waals surface area contributed by atoms with Gasteiger partial charge in [0.25, 0.3) is 0 Å². The molecule has 4 heterocycles. The van der Waals surface area contributed by atoms with Gasteiger partial charge < -0.3 is 19.7 Å². The Kier molecular flexibility index (Phi) is 4.51. The summed E-state index contributed by atoms with van der Waals surface area (Å²) in [7, 11) is 0. The molecule has 5 rings (SSSR count). The number of ether oxygens (including phenoxy) is 2. The molecule has 1 N–H and O–H groups in total. The number of carbonyl (C=O) groups excluding carboxylic acids is 1. The molecule has 2 aromatic heterocycles. The van der Waals surface area contributed by atoms with Crippen molar-refractivity contribution in [2.45, 2.75) is 19.5 Å². The van der Waals surface area contributed by atoms with Crippen molar-refractivity contribution in [3.05, 3.63) is 54.5 Å². The summed E-state index contributed by atoms with van der Waals surface area (Å²) in [5.74, 6) is 1.36. The molecule has 0 bridgehead atoms. The minimum Gasteiger partial charge on any atom is -0.486 e. The molecule has 0 saturated heterocycles. The van der Waals surface area contributed by atoms with E-state index in [1.54, 1.807) is 18.5 Å². The van der Waals surface area contributed by atoms with Crippen LogP contribution in [0.4, 0.5) is 10.5 Å². The fourth-order valence-corrected chi connectivity index (χ4v) is 3.62. The van der Waals surface area contributed by atoms with Gasteiger partial charge in [-0.1, -0.05) is 0 Å². The zero-order valence-electron chi connectivity index (χ0n) is 15.9. The first kappa shape index (κ1) is 17.5. The zero-order chi connectivity index (χ0) is 19.6. The first-order valence-electron chi connectivity index (χ1n) is 9.69. The predicted octanol–water partition coefficient (Wildman–Crippen LogP) is 3.15. The normalized spacial score (nSPS) is 15.4. The maximum absolute atomic E-state index is 12.9. The lowest BCUT2D eigenvalue weighted by atomic mass is 10.2. The standard InChI is InChI=1S/C21H21N5O3/c27-21(23-16-2-3-19-20(12-16)29-11-10-28-19)25-8-1-9-26-17(14-25)13-18(24-26)15-4-6-22-7-5-15/h2-7,12-13H,1,8-11,14H2,(H,23,27). The molecule has 0 radical (unpaired) electrons. The van der Waals surface area contributed by atoms with Crippen LogP contribution in [0.25, 0.3) is 11.3 Å². The first-order chi connectivity index (χ1) is 14.3. The molecule has 0 atom stereocenters. The number of nitrogens with one attached hydrogen (secondary N) is 1. The van der Waals surface area contributed by atoms with Gasteiger partial charge in [-0.3, -0.25) is 9.67 Å². The van der Waals surface area contributed by atoms with Crippen LogP contribution in [-0.2, 0) is 13.1 Å². The van der Waals surface area contributed by atoms with Gasteiger partial charge in [0.1, 0.15) is 13.2 Å². The number of hydrogen-bond donors (Lipinski definition) is 1. The van der Waals surface area contributed by atoms with Crippen LogP contribution in [0, 0.1) is 0 Å². The average Bonchev–Trinajstić information content (AvgIpc) is 3.05. The van der Waals surface area contributed by atoms with Gasteiger partial charge in [0.15, 0.2) is 11.5 Å². The number of rotatable bonds is 2. The van der Waals surface area contributed by atoms with E-state index in [1.165, 1.54) is 0 Å². The number of aromatic nitrogens is 3. The Balaban J connectivity index is 1.32. The summed E-state index contributed by atoms with van der Waals surface area (Å²) < 4.78 is 13.1. The summed E-state index contributed by atoms with van der Waals surface area (Å²) in [5.41, 5.74) is 3.63. The Morgan fingerprint density at radius 2 is 1.83 bits per heavy atom. The molecular weight excluding hydrogens is 370 g/mol. The maximum atomic E-state index is 12.9. The molecule has 2 amide bonds. The molecule has 0 aliphatic carbocycles. The predicted molar refractivity (Wildman–Crippen MR) is 107 cm³/mol. The van der Waals surface area contributed by atoms with Crippen molar-refractivity contribution in [2.75, 3.05) is 25.1 Å². The second-order valence-electron chi connectivity index (χ2n) is 7.04. The summed E-state index contributed by atoms with van der Waals surface area (Å²) in [5, 5.41) is 7.68. The molecule has 0 fully saturated rings. The first-order valence-corrected chi connectivity index (χ1v) is 9.69. The van der Waals surface area contributed by atoms with Gasteiger partial charge in [0.05, 0.1) is 17.9 Å². The van der Waals surface area contributed by atoms with E-state index in [0.29, 0.717) is 43.5 Å². The van der Waals surface area contributed by atoms with Gasteiger partial charge in [-0.25, -0.2) is 4.79 Å². The van der Waals surface area contributed by atoms with E-state index >= 15 is 0 Å². The highest BCUT2D eigenvalue weighted by Crippen LogP contribution is 2.32. The van der Waals surface area contributed by atoms with Crippen LogP contribution in [0.15, 0.2) is 48.8 Å². The van der Waals surface area contributed by atoms with Crippen molar-refractivity contribution < 1.29 is 14.3 Å². The second kappa shape index (κ2) is 7.46. The van der Waals surface area contributed by atoms with Crippen LogP contribution in [-0.4, -0.2) is 45.5 Å². The SMILES string of the molecule is O=C(Nc1ccc2c(c1)OCCO2)N1CCCn2nc(-c3ccncc3)cc2C1. The lowest BCUT2D eigenvalue weighted by molar-refractivity contribution is 0.171. The summed E-state index contributed by atoms with van der Waals surface area (Å²) >= 11 is 0. The van der Waals surface area contributed by atoms with Crippen LogP contribution in [0.3, 0.4) is 0 Å². The molecule has 0 saturated carbocycles. The maximum Gasteiger partial charge on any atom is 0.322 e. The van der Waals surface area contributed by atoms with E-state index in [-0.39, 0.29) is 6.03 Å². The number of urea groups is 1. The highest BCUT2D eigenvalue weighted by Gasteiger charge is 2.22. The van der Waals surface area contributed by atoms with E-state index in [1.807, 2.05) is 39.9 Å². The van der Waals surface area contributed by atoms with Crippen LogP contribution in [0.2, 0.25) is 0 Å². The van der Waals surface area contributed by atoms with Gasteiger partial charge in [0.2, 0.25) is 0 Å². The topological polar surface area (TPSA) is 81.5 Å². The Bertz CT molecular complexity index is 1030. The van der Waals surface area contributed by atoms with Crippen LogP contribution in [0.5, 0.6) is 11.5 Å². The molecule has 1 aromatic carbocycles. The van der Waals surface area contributed by atoms with E-state index < -0.39 is 0 Å². The van der Waals surface area contributed by atoms with E-state index in [0.717, 1.165) is 29.9 Å². The Morgan fingerprint density at radius 3 is 2.69 bits per heavy atom. The summed E-state index contributed by atoms with van der Waals surface area (Å²) in [4.78, 5) is 18.8. The highest BCUT2D eigenvalue weighted by atomic mass is 16.6. The molecule has 148 valence electrons. The minimum atomic E-state index is -0.137. The highest BCUT2D eigenvalue weighted by molar-refractivity contribution is 5.89. The monoisotopic (exact) mass is 391 g/mol. The van der Waals surface area contributed by atoms with Crippen LogP contribution < -0.4 is 14.8 Å². The summed E-state index contributed by atoms with van der Waals surface area (Å²) in [6.07, 6.45) is 4.36. The van der Waals surface area contributed by atoms with Crippen molar-refractivity contribution in [3.63, 3.8) is 0 Å². The molecule has 0 unspecified atom stereocenters. The fraction of sp³-hybridized carbons (Fsp3) is 0.286. The fourth-order valence-electron chi connectivity index (χ4n) is 3.62. The average molecular weight is 391 g/mol. The Morgan fingerprint density at radius 1 is 1.00 bits per heavy atom. The molecule has 2 aliphatic heterocycles. The third kappa shape index (κ3) is 3.61. The number of pyridine rings is 1. The molecule has 0 spiro atoms. The van der Waals surface area contributed by atoms with Crippen molar-refractivity contribution >= 4 is 11.7 Å². The largest absolute Gasteiger partial charge is 0.486 e. The third-order valence-corrected chi connectivity index (χ3v) is 5.07. The number of fused-ring (bicyclic) bond motifs is 2. The van der Waals surface area contributed by atoms with E-state index in [2.05, 4.69) is 10.3 Å². The quantitative estimate of drug-likeness (QED) is 0.726. The number of anilines is 1. The third-order valence-electron chi connectivity index (χ3n) is 5.07. The Hall–Kier alpha value is -3.55. The van der Waals surface area contributed by atoms with Gasteiger partial charge in [-0.15, -0.1) is 0 Å². The molecule has 29 heavy (non-hydrogen) atoms. The number of nitrogens with zero attached hydrogens (tertiary/aromatic N) is 4. The summed E-state index contributed by atoms with van der Waals surface area (Å²) in [6.45, 7) is 3.02. The van der Waals surface area contributed by atoms with Crippen molar-refractivity contribution in [2.24, 2.45) is 0 Å².